The summed E-state index contributed by atoms with van der Waals surface area (Å²) in [5, 5.41) is 0. The molecule has 2 N–H and O–H groups in total. The molecule has 24 heavy (non-hydrogen) atoms. The highest BCUT2D eigenvalue weighted by Crippen LogP contribution is 2.30. The molecule has 0 unspecified atom stereocenters. The average Bonchev–Trinajstić information content (AvgIpc) is 2.60. The summed E-state index contributed by atoms with van der Waals surface area (Å²) in [6.45, 7) is 7.10. The summed E-state index contributed by atoms with van der Waals surface area (Å²) in [7, 11) is 0. The largest absolute Gasteiger partial charge is 0.383 e. The topological polar surface area (TPSA) is 38.4 Å². The number of hydrogen-bond acceptors (Lipinski definition) is 2. The number of aliphatic imine (C=N–C) groups is 1. The van der Waals surface area contributed by atoms with Crippen molar-refractivity contribution < 1.29 is 0 Å². The average molecular weight is 339 g/mol. The molecule has 0 spiro atoms. The Morgan fingerprint density at radius 3 is 2.71 bits per heavy atom. The van der Waals surface area contributed by atoms with Gasteiger partial charge in [-0.15, -0.1) is 11.8 Å². The van der Waals surface area contributed by atoms with E-state index in [4.69, 9.17) is 5.73 Å². The van der Waals surface area contributed by atoms with Crippen LogP contribution in [0, 0.1) is 6.92 Å². The maximum atomic E-state index is 6.18. The summed E-state index contributed by atoms with van der Waals surface area (Å²) < 4.78 is 0. The van der Waals surface area contributed by atoms with Crippen LogP contribution in [0.25, 0.3) is 6.08 Å². The highest BCUT2D eigenvalue weighted by Gasteiger charge is 2.08. The molecule has 2 aromatic rings. The fraction of sp³-hybridized carbons (Fsp3) is 0.286. The van der Waals surface area contributed by atoms with Crippen LogP contribution in [-0.2, 0) is 5.75 Å². The Kier molecular flexibility index (Phi) is 7.13. The van der Waals surface area contributed by atoms with Crippen LogP contribution in [-0.4, -0.2) is 12.4 Å². The predicted octanol–water partition coefficient (Wildman–Crippen LogP) is 5.44. The summed E-state index contributed by atoms with van der Waals surface area (Å²) >= 11 is 1.85. The first-order valence-electron chi connectivity index (χ1n) is 8.40. The number of amidine groups is 1. The lowest BCUT2D eigenvalue weighted by atomic mass is 10.1. The molecule has 0 aliphatic heterocycles. The van der Waals surface area contributed by atoms with E-state index in [1.165, 1.54) is 21.6 Å². The van der Waals surface area contributed by atoms with Crippen molar-refractivity contribution in [2.24, 2.45) is 10.7 Å². The van der Waals surface area contributed by atoms with E-state index in [1.807, 2.05) is 17.8 Å². The van der Waals surface area contributed by atoms with E-state index in [0.717, 1.165) is 24.3 Å². The second-order valence-electron chi connectivity index (χ2n) is 5.70. The summed E-state index contributed by atoms with van der Waals surface area (Å²) in [5.74, 6) is 1.53. The van der Waals surface area contributed by atoms with Crippen LogP contribution < -0.4 is 5.73 Å². The van der Waals surface area contributed by atoms with Crippen molar-refractivity contribution in [3.63, 3.8) is 0 Å². The molecule has 2 aromatic carbocycles. The van der Waals surface area contributed by atoms with E-state index >= 15 is 0 Å². The van der Waals surface area contributed by atoms with Crippen LogP contribution in [0.3, 0.4) is 0 Å². The van der Waals surface area contributed by atoms with Gasteiger partial charge in [-0.3, -0.25) is 4.99 Å². The van der Waals surface area contributed by atoms with E-state index in [2.05, 4.69) is 74.3 Å². The second-order valence-corrected chi connectivity index (χ2v) is 6.72. The van der Waals surface area contributed by atoms with Gasteiger partial charge in [-0.1, -0.05) is 55.5 Å². The molecule has 2 nitrogen and oxygen atoms in total. The van der Waals surface area contributed by atoms with Crippen LogP contribution >= 0.6 is 11.8 Å². The van der Waals surface area contributed by atoms with Crippen molar-refractivity contribution >= 4 is 23.7 Å². The van der Waals surface area contributed by atoms with Gasteiger partial charge in [0.25, 0.3) is 0 Å². The predicted molar refractivity (Wildman–Crippen MR) is 108 cm³/mol. The minimum absolute atomic E-state index is 0.644. The van der Waals surface area contributed by atoms with Gasteiger partial charge >= 0.3 is 0 Å². The smallest absolute Gasteiger partial charge is 0.125 e. The Morgan fingerprint density at radius 1 is 1.17 bits per heavy atom. The second kappa shape index (κ2) is 9.33. The summed E-state index contributed by atoms with van der Waals surface area (Å²) in [5.41, 5.74) is 11.1. The fourth-order valence-corrected chi connectivity index (χ4v) is 3.65. The Hall–Kier alpha value is -2.00. The van der Waals surface area contributed by atoms with Crippen molar-refractivity contribution in [1.82, 2.24) is 0 Å². The number of benzene rings is 2. The lowest BCUT2D eigenvalue weighted by Gasteiger charge is -2.12. The number of nitrogens with zero attached hydrogens (tertiary/aromatic N) is 1. The fourth-order valence-electron chi connectivity index (χ4n) is 2.53. The number of hydrogen-bond donors (Lipinski definition) is 1. The molecule has 3 heteroatoms. The molecular formula is C21H26N2S. The maximum Gasteiger partial charge on any atom is 0.125 e. The van der Waals surface area contributed by atoms with Gasteiger partial charge in [0, 0.05) is 22.8 Å². The van der Waals surface area contributed by atoms with Gasteiger partial charge in [0.15, 0.2) is 0 Å². The standard InChI is InChI=1S/C21H26N2S/c1-4-9-18-16(3)10-8-13-20(18)24-15-17-11-6-7-12-19(17)21(22)23-14-5-2/h4,6-13H,5,14-15H2,1-3H3,(H2,22,23)/b9-4-. The van der Waals surface area contributed by atoms with Crippen LogP contribution in [0.2, 0.25) is 0 Å². The Bertz CT molecular complexity index is 732. The minimum atomic E-state index is 0.644. The molecule has 0 aliphatic rings. The third-order valence-electron chi connectivity index (χ3n) is 3.80. The first kappa shape index (κ1) is 18.3. The van der Waals surface area contributed by atoms with Crippen LogP contribution in [0.4, 0.5) is 0 Å². The highest BCUT2D eigenvalue weighted by atomic mass is 32.2. The molecule has 0 atom stereocenters. The van der Waals surface area contributed by atoms with Gasteiger partial charge in [-0.25, -0.2) is 0 Å². The first-order valence-corrected chi connectivity index (χ1v) is 9.39. The van der Waals surface area contributed by atoms with Gasteiger partial charge in [0.05, 0.1) is 0 Å². The highest BCUT2D eigenvalue weighted by molar-refractivity contribution is 7.98. The third kappa shape index (κ3) is 4.75. The van der Waals surface area contributed by atoms with Crippen molar-refractivity contribution in [3.8, 4) is 0 Å². The maximum absolute atomic E-state index is 6.18. The van der Waals surface area contributed by atoms with Gasteiger partial charge in [-0.2, -0.15) is 0 Å². The van der Waals surface area contributed by atoms with E-state index in [1.54, 1.807) is 0 Å². The van der Waals surface area contributed by atoms with Gasteiger partial charge < -0.3 is 5.73 Å². The van der Waals surface area contributed by atoms with E-state index in [9.17, 15) is 0 Å². The Morgan fingerprint density at radius 2 is 1.96 bits per heavy atom. The zero-order valence-electron chi connectivity index (χ0n) is 14.8. The molecule has 0 fully saturated rings. The molecule has 126 valence electrons. The Labute approximate surface area is 149 Å². The third-order valence-corrected chi connectivity index (χ3v) is 4.92. The molecule has 2 rings (SSSR count). The number of nitrogens with two attached hydrogens (primary N) is 1. The monoisotopic (exact) mass is 338 g/mol. The molecule has 0 aliphatic carbocycles. The van der Waals surface area contributed by atoms with Crippen LogP contribution in [0.1, 0.15) is 42.5 Å². The molecule has 0 saturated heterocycles. The summed E-state index contributed by atoms with van der Waals surface area (Å²) in [4.78, 5) is 5.76. The van der Waals surface area contributed by atoms with Crippen LogP contribution in [0.5, 0.6) is 0 Å². The molecule has 0 amide bonds. The zero-order valence-corrected chi connectivity index (χ0v) is 15.6. The Balaban J connectivity index is 2.23. The van der Waals surface area contributed by atoms with Crippen molar-refractivity contribution in [2.75, 3.05) is 6.54 Å². The molecule has 0 aromatic heterocycles. The quantitative estimate of drug-likeness (QED) is 0.415. The number of allylic oxidation sites excluding steroid dienone is 1. The molecule has 0 bridgehead atoms. The number of aryl methyl sites for hydroxylation is 1. The van der Waals surface area contributed by atoms with Crippen LogP contribution in [0.15, 0.2) is 58.4 Å². The summed E-state index contributed by atoms with van der Waals surface area (Å²) in [6, 6.07) is 14.8. The van der Waals surface area contributed by atoms with Crippen molar-refractivity contribution in [3.05, 3.63) is 70.8 Å². The van der Waals surface area contributed by atoms with Crippen molar-refractivity contribution in [2.45, 2.75) is 37.8 Å². The van der Waals surface area contributed by atoms with Gasteiger partial charge in [-0.05, 0) is 43.0 Å². The molecular weight excluding hydrogens is 312 g/mol. The normalized spacial score (nSPS) is 12.0. The molecule has 0 saturated carbocycles. The lowest BCUT2D eigenvalue weighted by molar-refractivity contribution is 0.930. The van der Waals surface area contributed by atoms with Gasteiger partial charge in [0.1, 0.15) is 5.84 Å². The zero-order chi connectivity index (χ0) is 17.4. The number of thioether (sulfide) groups is 1. The minimum Gasteiger partial charge on any atom is -0.383 e. The van der Waals surface area contributed by atoms with E-state index in [-0.39, 0.29) is 0 Å². The molecule has 0 radical (unpaired) electrons. The van der Waals surface area contributed by atoms with Gasteiger partial charge in [0.2, 0.25) is 0 Å². The SMILES string of the molecule is C/C=C\c1c(C)cccc1SCc1ccccc1C(N)=NCCC. The lowest BCUT2D eigenvalue weighted by Crippen LogP contribution is -2.16. The number of rotatable bonds is 7. The summed E-state index contributed by atoms with van der Waals surface area (Å²) in [6.07, 6.45) is 5.28. The van der Waals surface area contributed by atoms with E-state index < -0.39 is 0 Å². The molecule has 0 heterocycles. The first-order chi connectivity index (χ1) is 11.7. The van der Waals surface area contributed by atoms with Crippen molar-refractivity contribution in [1.29, 1.82) is 0 Å². The van der Waals surface area contributed by atoms with E-state index in [0.29, 0.717) is 5.84 Å².